The van der Waals surface area contributed by atoms with E-state index in [0.717, 1.165) is 3.57 Å². The van der Waals surface area contributed by atoms with Crippen LogP contribution in [0.3, 0.4) is 0 Å². The summed E-state index contributed by atoms with van der Waals surface area (Å²) in [6.07, 6.45) is 0.0126. The molecular formula is C13H13ClF2INO. The minimum atomic E-state index is -2.61. The summed E-state index contributed by atoms with van der Waals surface area (Å²) in [7, 11) is 0. The first-order valence-corrected chi connectivity index (χ1v) is 7.47. The molecule has 19 heavy (non-hydrogen) atoms. The molecule has 1 aliphatic carbocycles. The van der Waals surface area contributed by atoms with E-state index in [4.69, 9.17) is 11.6 Å². The number of hydrogen-bond donors (Lipinski definition) is 1. The van der Waals surface area contributed by atoms with Crippen LogP contribution in [0, 0.1) is 9.49 Å². The molecule has 1 aliphatic rings. The number of benzene rings is 1. The van der Waals surface area contributed by atoms with E-state index in [9.17, 15) is 13.6 Å². The molecule has 0 radical (unpaired) electrons. The maximum Gasteiger partial charge on any atom is 0.248 e. The number of halogens is 4. The van der Waals surface area contributed by atoms with Gasteiger partial charge in [-0.1, -0.05) is 11.6 Å². The second kappa shape index (κ2) is 5.91. The van der Waals surface area contributed by atoms with Gasteiger partial charge in [-0.3, -0.25) is 4.79 Å². The number of hydrogen-bond acceptors (Lipinski definition) is 1. The Morgan fingerprint density at radius 3 is 2.58 bits per heavy atom. The number of rotatable bonds is 2. The van der Waals surface area contributed by atoms with Crippen LogP contribution in [0.5, 0.6) is 0 Å². The van der Waals surface area contributed by atoms with Gasteiger partial charge in [-0.15, -0.1) is 0 Å². The molecule has 104 valence electrons. The molecule has 0 atom stereocenters. The highest BCUT2D eigenvalue weighted by molar-refractivity contribution is 14.1. The maximum absolute atomic E-state index is 13.0. The Labute approximate surface area is 129 Å². The SMILES string of the molecule is O=C(Nc1ccc(I)cc1Cl)C1CCC(F)(F)CC1. The fourth-order valence-electron chi connectivity index (χ4n) is 2.13. The van der Waals surface area contributed by atoms with Gasteiger partial charge < -0.3 is 5.32 Å². The average molecular weight is 400 g/mol. The summed E-state index contributed by atoms with van der Waals surface area (Å²) in [5, 5.41) is 3.17. The number of carbonyl (C=O) groups excluding carboxylic acids is 1. The summed E-state index contributed by atoms with van der Waals surface area (Å²) in [4.78, 5) is 12.0. The predicted octanol–water partition coefficient (Wildman–Crippen LogP) is 4.71. The number of nitrogens with one attached hydrogen (secondary N) is 1. The van der Waals surface area contributed by atoms with E-state index >= 15 is 0 Å². The van der Waals surface area contributed by atoms with E-state index in [1.165, 1.54) is 0 Å². The Kier molecular flexibility index (Phi) is 4.66. The van der Waals surface area contributed by atoms with Crippen molar-refractivity contribution in [3.05, 3.63) is 26.8 Å². The van der Waals surface area contributed by atoms with Crippen LogP contribution < -0.4 is 5.32 Å². The maximum atomic E-state index is 13.0. The van der Waals surface area contributed by atoms with Gasteiger partial charge in [-0.2, -0.15) is 0 Å². The zero-order valence-corrected chi connectivity index (χ0v) is 13.0. The molecule has 1 aromatic rings. The summed E-state index contributed by atoms with van der Waals surface area (Å²) >= 11 is 8.14. The standard InChI is InChI=1S/C13H13ClF2INO/c14-10-7-9(17)1-2-11(10)18-12(19)8-3-5-13(15,16)6-4-8/h1-2,7-8H,3-6H2,(H,18,19). The minimum Gasteiger partial charge on any atom is -0.325 e. The van der Waals surface area contributed by atoms with Crippen molar-refractivity contribution in [1.29, 1.82) is 0 Å². The Morgan fingerprint density at radius 2 is 2.00 bits per heavy atom. The number of carbonyl (C=O) groups is 1. The van der Waals surface area contributed by atoms with Crippen LogP contribution in [0.15, 0.2) is 18.2 Å². The second-order valence-corrected chi connectivity index (χ2v) is 6.40. The predicted molar refractivity (Wildman–Crippen MR) is 79.7 cm³/mol. The largest absolute Gasteiger partial charge is 0.325 e. The molecule has 0 heterocycles. The van der Waals surface area contributed by atoms with Crippen LogP contribution in [-0.4, -0.2) is 11.8 Å². The van der Waals surface area contributed by atoms with Crippen molar-refractivity contribution in [2.45, 2.75) is 31.6 Å². The second-order valence-electron chi connectivity index (χ2n) is 4.74. The van der Waals surface area contributed by atoms with Crippen LogP contribution in [0.4, 0.5) is 14.5 Å². The summed E-state index contributed by atoms with van der Waals surface area (Å²) in [6.45, 7) is 0. The zero-order chi connectivity index (χ0) is 14.0. The fraction of sp³-hybridized carbons (Fsp3) is 0.462. The van der Waals surface area contributed by atoms with Gasteiger partial charge in [-0.05, 0) is 53.6 Å². The molecule has 2 rings (SSSR count). The number of anilines is 1. The van der Waals surface area contributed by atoms with Crippen molar-refractivity contribution in [1.82, 2.24) is 0 Å². The van der Waals surface area contributed by atoms with E-state index < -0.39 is 5.92 Å². The molecule has 1 amide bonds. The van der Waals surface area contributed by atoms with Gasteiger partial charge in [0, 0.05) is 22.3 Å². The van der Waals surface area contributed by atoms with E-state index in [2.05, 4.69) is 27.9 Å². The quantitative estimate of drug-likeness (QED) is 0.717. The van der Waals surface area contributed by atoms with Gasteiger partial charge >= 0.3 is 0 Å². The summed E-state index contributed by atoms with van der Waals surface area (Å²) in [5.74, 6) is -3.19. The van der Waals surface area contributed by atoms with Gasteiger partial charge in [0.15, 0.2) is 0 Å². The lowest BCUT2D eigenvalue weighted by Gasteiger charge is -2.27. The van der Waals surface area contributed by atoms with Crippen molar-refractivity contribution in [3.63, 3.8) is 0 Å². The average Bonchev–Trinajstić information content (AvgIpc) is 2.32. The summed E-state index contributed by atoms with van der Waals surface area (Å²) < 4.78 is 27.0. The summed E-state index contributed by atoms with van der Waals surface area (Å²) in [6, 6.07) is 5.29. The Morgan fingerprint density at radius 1 is 1.37 bits per heavy atom. The third-order valence-electron chi connectivity index (χ3n) is 3.28. The molecule has 2 nitrogen and oxygen atoms in total. The van der Waals surface area contributed by atoms with Crippen molar-refractivity contribution < 1.29 is 13.6 Å². The molecule has 0 spiro atoms. The zero-order valence-electron chi connectivity index (χ0n) is 10.1. The van der Waals surface area contributed by atoms with Crippen LogP contribution in [0.25, 0.3) is 0 Å². The molecule has 1 saturated carbocycles. The molecule has 0 bridgehead atoms. The smallest absolute Gasteiger partial charge is 0.248 e. The van der Waals surface area contributed by atoms with E-state index in [1.54, 1.807) is 12.1 Å². The van der Waals surface area contributed by atoms with Crippen molar-refractivity contribution >= 4 is 45.8 Å². The van der Waals surface area contributed by atoms with Gasteiger partial charge in [0.05, 0.1) is 10.7 Å². The third kappa shape index (κ3) is 4.02. The van der Waals surface area contributed by atoms with Gasteiger partial charge in [0.25, 0.3) is 0 Å². The summed E-state index contributed by atoms with van der Waals surface area (Å²) in [5.41, 5.74) is 0.532. The van der Waals surface area contributed by atoms with Gasteiger partial charge in [-0.25, -0.2) is 8.78 Å². The molecule has 1 aromatic carbocycles. The highest BCUT2D eigenvalue weighted by atomic mass is 127. The topological polar surface area (TPSA) is 29.1 Å². The lowest BCUT2D eigenvalue weighted by Crippen LogP contribution is -2.31. The molecule has 0 saturated heterocycles. The number of alkyl halides is 2. The lowest BCUT2D eigenvalue weighted by atomic mass is 9.86. The van der Waals surface area contributed by atoms with Crippen molar-refractivity contribution in [2.75, 3.05) is 5.32 Å². The molecule has 6 heteroatoms. The fourth-order valence-corrected chi connectivity index (χ4v) is 3.03. The lowest BCUT2D eigenvalue weighted by molar-refractivity contribution is -0.124. The van der Waals surface area contributed by atoms with E-state index in [1.807, 2.05) is 6.07 Å². The molecule has 0 aliphatic heterocycles. The minimum absolute atomic E-state index is 0.217. The van der Waals surface area contributed by atoms with Gasteiger partial charge in [0.2, 0.25) is 11.8 Å². The first-order chi connectivity index (χ1) is 8.87. The number of amides is 1. The van der Waals surface area contributed by atoms with Crippen LogP contribution in [-0.2, 0) is 4.79 Å². The first kappa shape index (κ1) is 15.0. The molecule has 1 fully saturated rings. The van der Waals surface area contributed by atoms with Crippen LogP contribution >= 0.6 is 34.2 Å². The van der Waals surface area contributed by atoms with Gasteiger partial charge in [0.1, 0.15) is 0 Å². The normalized spacial score (nSPS) is 19.2. The van der Waals surface area contributed by atoms with Crippen LogP contribution in [0.2, 0.25) is 5.02 Å². The molecule has 0 aromatic heterocycles. The Bertz CT molecular complexity index is 486. The van der Waals surface area contributed by atoms with Crippen molar-refractivity contribution in [2.24, 2.45) is 5.92 Å². The molecule has 1 N–H and O–H groups in total. The first-order valence-electron chi connectivity index (χ1n) is 6.01. The highest BCUT2D eigenvalue weighted by Gasteiger charge is 2.37. The third-order valence-corrected chi connectivity index (χ3v) is 4.26. The Balaban J connectivity index is 1.98. The van der Waals surface area contributed by atoms with Crippen molar-refractivity contribution in [3.8, 4) is 0 Å². The van der Waals surface area contributed by atoms with Crippen LogP contribution in [0.1, 0.15) is 25.7 Å². The van der Waals surface area contributed by atoms with E-state index in [-0.39, 0.29) is 37.5 Å². The van der Waals surface area contributed by atoms with E-state index in [0.29, 0.717) is 10.7 Å². The molecular weight excluding hydrogens is 387 g/mol. The highest BCUT2D eigenvalue weighted by Crippen LogP contribution is 2.36. The Hall–Kier alpha value is -0.430. The monoisotopic (exact) mass is 399 g/mol. The molecule has 0 unspecified atom stereocenters.